The number of hydrogen-bond donors (Lipinski definition) is 2. The van der Waals surface area contributed by atoms with Gasteiger partial charge in [-0.2, -0.15) is 4.98 Å². The molecule has 0 amide bonds. The summed E-state index contributed by atoms with van der Waals surface area (Å²) >= 11 is 5.69. The Bertz CT molecular complexity index is 521. The van der Waals surface area contributed by atoms with Crippen molar-refractivity contribution >= 4 is 34.7 Å². The summed E-state index contributed by atoms with van der Waals surface area (Å²) < 4.78 is 4.96. The van der Waals surface area contributed by atoms with Gasteiger partial charge in [0.25, 0.3) is 6.01 Å². The molecule has 1 heterocycles. The van der Waals surface area contributed by atoms with Crippen LogP contribution in [0.3, 0.4) is 0 Å². The van der Waals surface area contributed by atoms with Crippen molar-refractivity contribution in [1.29, 1.82) is 0 Å². The monoisotopic (exact) mass is 212 g/mol. The molecule has 2 aromatic rings. The van der Waals surface area contributed by atoms with Crippen LogP contribution in [0, 0.1) is 0 Å². The Labute approximate surface area is 83.1 Å². The third-order valence-corrected chi connectivity index (χ3v) is 1.92. The number of carbonyl (C=O) groups is 1. The number of halogens is 1. The summed E-state index contributed by atoms with van der Waals surface area (Å²) in [4.78, 5) is 14.5. The first-order valence-electron chi connectivity index (χ1n) is 3.67. The van der Waals surface area contributed by atoms with Gasteiger partial charge in [0.15, 0.2) is 5.58 Å². The molecule has 6 heteroatoms. The summed E-state index contributed by atoms with van der Waals surface area (Å²) in [5.41, 5.74) is 5.75. The molecule has 0 aliphatic rings. The summed E-state index contributed by atoms with van der Waals surface area (Å²) in [6.07, 6.45) is 0. The molecule has 0 unspecified atom stereocenters. The number of carboxylic acid groups (broad SMARTS) is 1. The number of hydrogen-bond acceptors (Lipinski definition) is 4. The van der Waals surface area contributed by atoms with Crippen LogP contribution in [-0.2, 0) is 0 Å². The van der Waals surface area contributed by atoms with Crippen LogP contribution >= 0.6 is 11.6 Å². The minimum absolute atomic E-state index is 0.0204. The first-order chi connectivity index (χ1) is 6.58. The van der Waals surface area contributed by atoms with Crippen LogP contribution < -0.4 is 5.73 Å². The highest BCUT2D eigenvalue weighted by molar-refractivity contribution is 6.31. The average molecular weight is 213 g/mol. The van der Waals surface area contributed by atoms with Crippen molar-refractivity contribution in [2.24, 2.45) is 0 Å². The minimum atomic E-state index is -1.12. The van der Waals surface area contributed by atoms with E-state index in [-0.39, 0.29) is 27.7 Å². The number of aromatic nitrogens is 1. The van der Waals surface area contributed by atoms with Gasteiger partial charge in [-0.3, -0.25) is 0 Å². The average Bonchev–Trinajstić information content (AvgIpc) is 2.42. The van der Waals surface area contributed by atoms with Crippen LogP contribution in [0.5, 0.6) is 0 Å². The molecule has 0 bridgehead atoms. The van der Waals surface area contributed by atoms with Gasteiger partial charge in [-0.15, -0.1) is 0 Å². The number of carboxylic acids is 1. The van der Waals surface area contributed by atoms with Gasteiger partial charge in [-0.25, -0.2) is 4.79 Å². The van der Waals surface area contributed by atoms with E-state index in [1.165, 1.54) is 12.1 Å². The molecule has 1 aromatic heterocycles. The maximum Gasteiger partial charge on any atom is 0.338 e. The van der Waals surface area contributed by atoms with Crippen molar-refractivity contribution in [3.8, 4) is 0 Å². The predicted octanol–water partition coefficient (Wildman–Crippen LogP) is 1.76. The SMILES string of the molecule is Nc1nc2c(C(=O)O)cc(Cl)cc2o1. The van der Waals surface area contributed by atoms with Crippen LogP contribution in [0.25, 0.3) is 11.1 Å². The van der Waals surface area contributed by atoms with E-state index in [4.69, 9.17) is 26.9 Å². The maximum atomic E-state index is 10.8. The molecule has 0 saturated carbocycles. The van der Waals surface area contributed by atoms with Crippen LogP contribution in [0.15, 0.2) is 16.5 Å². The van der Waals surface area contributed by atoms with Crippen molar-refractivity contribution in [2.75, 3.05) is 5.73 Å². The second-order valence-electron chi connectivity index (χ2n) is 2.66. The normalized spacial score (nSPS) is 10.6. The van der Waals surface area contributed by atoms with Crippen molar-refractivity contribution in [2.45, 2.75) is 0 Å². The van der Waals surface area contributed by atoms with E-state index in [1.54, 1.807) is 0 Å². The molecule has 72 valence electrons. The van der Waals surface area contributed by atoms with Crippen molar-refractivity contribution in [1.82, 2.24) is 4.98 Å². The molecule has 0 saturated heterocycles. The van der Waals surface area contributed by atoms with Gasteiger partial charge in [-0.05, 0) is 6.07 Å². The number of nitrogens with zero attached hydrogens (tertiary/aromatic N) is 1. The van der Waals surface area contributed by atoms with E-state index in [1.807, 2.05) is 0 Å². The number of nitrogens with two attached hydrogens (primary N) is 1. The molecule has 0 aliphatic carbocycles. The summed E-state index contributed by atoms with van der Waals surface area (Å²) in [6.45, 7) is 0. The molecule has 3 N–H and O–H groups in total. The first kappa shape index (κ1) is 8.83. The molecule has 1 aromatic carbocycles. The van der Waals surface area contributed by atoms with Crippen molar-refractivity contribution < 1.29 is 14.3 Å². The molecule has 2 rings (SSSR count). The minimum Gasteiger partial charge on any atom is -0.478 e. The number of nitrogen functional groups attached to an aromatic ring is 1. The fourth-order valence-electron chi connectivity index (χ4n) is 1.18. The molecule has 14 heavy (non-hydrogen) atoms. The summed E-state index contributed by atoms with van der Waals surface area (Å²) in [6, 6.07) is 2.69. The van der Waals surface area contributed by atoms with E-state index < -0.39 is 5.97 Å². The van der Waals surface area contributed by atoms with Gasteiger partial charge in [0, 0.05) is 11.1 Å². The van der Waals surface area contributed by atoms with Gasteiger partial charge in [-0.1, -0.05) is 11.6 Å². The highest BCUT2D eigenvalue weighted by atomic mass is 35.5. The van der Waals surface area contributed by atoms with E-state index in [0.29, 0.717) is 0 Å². The zero-order valence-electron chi connectivity index (χ0n) is 6.82. The van der Waals surface area contributed by atoms with Crippen LogP contribution in [0.4, 0.5) is 6.01 Å². The Kier molecular flexibility index (Phi) is 1.82. The van der Waals surface area contributed by atoms with Crippen LogP contribution in [0.2, 0.25) is 5.02 Å². The fourth-order valence-corrected chi connectivity index (χ4v) is 1.38. The first-order valence-corrected chi connectivity index (χ1v) is 4.04. The van der Waals surface area contributed by atoms with Gasteiger partial charge in [0.2, 0.25) is 0 Å². The molecule has 0 radical (unpaired) electrons. The number of anilines is 1. The van der Waals surface area contributed by atoms with Crippen LogP contribution in [0.1, 0.15) is 10.4 Å². The molecule has 0 fully saturated rings. The number of fused-ring (bicyclic) bond motifs is 1. The van der Waals surface area contributed by atoms with Gasteiger partial charge < -0.3 is 15.3 Å². The molecule has 0 spiro atoms. The fraction of sp³-hybridized carbons (Fsp3) is 0. The maximum absolute atomic E-state index is 10.8. The highest BCUT2D eigenvalue weighted by Crippen LogP contribution is 2.25. The van der Waals surface area contributed by atoms with E-state index >= 15 is 0 Å². The number of benzene rings is 1. The predicted molar refractivity (Wildman–Crippen MR) is 50.4 cm³/mol. The summed E-state index contributed by atoms with van der Waals surface area (Å²) in [7, 11) is 0. The Balaban J connectivity index is 2.85. The van der Waals surface area contributed by atoms with E-state index in [2.05, 4.69) is 4.98 Å². The lowest BCUT2D eigenvalue weighted by atomic mass is 10.2. The molecule has 0 aliphatic heterocycles. The summed E-state index contributed by atoms with van der Waals surface area (Å²) in [5.74, 6) is -1.12. The lowest BCUT2D eigenvalue weighted by molar-refractivity contribution is 0.0699. The zero-order valence-corrected chi connectivity index (χ0v) is 7.58. The molecule has 0 atom stereocenters. The number of rotatable bonds is 1. The second-order valence-corrected chi connectivity index (χ2v) is 3.09. The molecular weight excluding hydrogens is 208 g/mol. The third kappa shape index (κ3) is 1.27. The number of oxazole rings is 1. The lowest BCUT2D eigenvalue weighted by Gasteiger charge is -1.95. The van der Waals surface area contributed by atoms with Crippen LogP contribution in [-0.4, -0.2) is 16.1 Å². The largest absolute Gasteiger partial charge is 0.478 e. The Morgan fingerprint density at radius 1 is 1.57 bits per heavy atom. The Morgan fingerprint density at radius 3 is 2.93 bits per heavy atom. The van der Waals surface area contributed by atoms with Gasteiger partial charge in [0.05, 0.1) is 5.56 Å². The van der Waals surface area contributed by atoms with E-state index in [0.717, 1.165) is 0 Å². The molecule has 5 nitrogen and oxygen atoms in total. The highest BCUT2D eigenvalue weighted by Gasteiger charge is 2.14. The molecular formula is C8H5ClN2O3. The smallest absolute Gasteiger partial charge is 0.338 e. The topological polar surface area (TPSA) is 89.3 Å². The van der Waals surface area contributed by atoms with Gasteiger partial charge in [0.1, 0.15) is 5.52 Å². The lowest BCUT2D eigenvalue weighted by Crippen LogP contribution is -1.97. The van der Waals surface area contributed by atoms with Crippen molar-refractivity contribution in [3.63, 3.8) is 0 Å². The van der Waals surface area contributed by atoms with Crippen molar-refractivity contribution in [3.05, 3.63) is 22.7 Å². The third-order valence-electron chi connectivity index (χ3n) is 1.71. The second kappa shape index (κ2) is 2.88. The zero-order chi connectivity index (χ0) is 10.3. The van der Waals surface area contributed by atoms with E-state index in [9.17, 15) is 4.79 Å². The number of aromatic carboxylic acids is 1. The van der Waals surface area contributed by atoms with Gasteiger partial charge >= 0.3 is 5.97 Å². The Hall–Kier alpha value is -1.75. The quantitative estimate of drug-likeness (QED) is 0.752. The Morgan fingerprint density at radius 2 is 2.29 bits per heavy atom. The summed E-state index contributed by atoms with van der Waals surface area (Å²) in [5, 5.41) is 9.10. The standard InChI is InChI=1S/C8H5ClN2O3/c9-3-1-4(7(12)13)6-5(2-3)14-8(10)11-6/h1-2H,(H2,10,11)(H,12,13).